The van der Waals surface area contributed by atoms with Crippen LogP contribution in [0.15, 0.2) is 59.9 Å². The highest BCUT2D eigenvalue weighted by molar-refractivity contribution is 5.78. The van der Waals surface area contributed by atoms with Crippen LogP contribution in [0.25, 0.3) is 16.6 Å². The van der Waals surface area contributed by atoms with Crippen molar-refractivity contribution in [3.05, 3.63) is 71.2 Å². The fourth-order valence-electron chi connectivity index (χ4n) is 2.39. The molecule has 4 aromatic rings. The molecule has 6 nitrogen and oxygen atoms in total. The Morgan fingerprint density at radius 3 is 2.86 bits per heavy atom. The van der Waals surface area contributed by atoms with Crippen LogP contribution in [0.2, 0.25) is 0 Å². The summed E-state index contributed by atoms with van der Waals surface area (Å²) in [6.07, 6.45) is 6.75. The SMILES string of the molecule is O=c1c2cnc3ccnn3c2ccn1Cc1ccccn1. The second-order valence-corrected chi connectivity index (χ2v) is 4.73. The number of aromatic nitrogens is 5. The Labute approximate surface area is 119 Å². The monoisotopic (exact) mass is 277 g/mol. The summed E-state index contributed by atoms with van der Waals surface area (Å²) in [5.41, 5.74) is 2.23. The van der Waals surface area contributed by atoms with Gasteiger partial charge in [-0.15, -0.1) is 0 Å². The molecule has 6 heteroatoms. The zero-order chi connectivity index (χ0) is 14.2. The highest BCUT2D eigenvalue weighted by Crippen LogP contribution is 2.10. The lowest BCUT2D eigenvalue weighted by Gasteiger charge is -2.07. The first-order chi connectivity index (χ1) is 10.3. The van der Waals surface area contributed by atoms with E-state index in [2.05, 4.69) is 15.1 Å². The average molecular weight is 277 g/mol. The Bertz CT molecular complexity index is 987. The van der Waals surface area contributed by atoms with Gasteiger partial charge in [-0.1, -0.05) is 6.07 Å². The van der Waals surface area contributed by atoms with E-state index in [4.69, 9.17) is 0 Å². The van der Waals surface area contributed by atoms with Gasteiger partial charge in [0, 0.05) is 24.7 Å². The van der Waals surface area contributed by atoms with Gasteiger partial charge in [-0.2, -0.15) is 5.10 Å². The number of hydrogen-bond donors (Lipinski definition) is 0. The van der Waals surface area contributed by atoms with Crippen molar-refractivity contribution in [1.82, 2.24) is 24.1 Å². The second kappa shape index (κ2) is 4.52. The van der Waals surface area contributed by atoms with Gasteiger partial charge < -0.3 is 4.57 Å². The minimum Gasteiger partial charge on any atom is -0.309 e. The maximum absolute atomic E-state index is 12.6. The summed E-state index contributed by atoms with van der Waals surface area (Å²) in [6.45, 7) is 0.437. The zero-order valence-electron chi connectivity index (χ0n) is 11.0. The van der Waals surface area contributed by atoms with Gasteiger partial charge >= 0.3 is 0 Å². The van der Waals surface area contributed by atoms with Crippen LogP contribution >= 0.6 is 0 Å². The van der Waals surface area contributed by atoms with E-state index >= 15 is 0 Å². The van der Waals surface area contributed by atoms with Gasteiger partial charge in [-0.05, 0) is 18.2 Å². The van der Waals surface area contributed by atoms with Crippen molar-refractivity contribution in [2.24, 2.45) is 0 Å². The predicted molar refractivity (Wildman–Crippen MR) is 78.1 cm³/mol. The fourth-order valence-corrected chi connectivity index (χ4v) is 2.39. The fraction of sp³-hybridized carbons (Fsp3) is 0.0667. The number of hydrogen-bond acceptors (Lipinski definition) is 4. The van der Waals surface area contributed by atoms with Crippen molar-refractivity contribution in [1.29, 1.82) is 0 Å². The number of pyridine rings is 2. The molecule has 0 saturated heterocycles. The molecule has 0 bridgehead atoms. The summed E-state index contributed by atoms with van der Waals surface area (Å²) in [4.78, 5) is 21.0. The van der Waals surface area contributed by atoms with Crippen molar-refractivity contribution in [2.45, 2.75) is 6.54 Å². The molecule has 0 fully saturated rings. The van der Waals surface area contributed by atoms with Gasteiger partial charge in [0.15, 0.2) is 5.65 Å². The van der Waals surface area contributed by atoms with Gasteiger partial charge in [-0.25, -0.2) is 9.50 Å². The van der Waals surface area contributed by atoms with E-state index in [9.17, 15) is 4.79 Å². The Balaban J connectivity index is 1.90. The van der Waals surface area contributed by atoms with Gasteiger partial charge in [0.1, 0.15) is 0 Å². The van der Waals surface area contributed by atoms with E-state index in [1.165, 1.54) is 0 Å². The van der Waals surface area contributed by atoms with Crippen LogP contribution in [-0.2, 0) is 6.54 Å². The summed E-state index contributed by atoms with van der Waals surface area (Å²) in [6, 6.07) is 9.33. The van der Waals surface area contributed by atoms with Crippen LogP contribution in [0.4, 0.5) is 0 Å². The molecule has 0 aliphatic heterocycles. The van der Waals surface area contributed by atoms with Crippen LogP contribution < -0.4 is 5.56 Å². The van der Waals surface area contributed by atoms with E-state index in [-0.39, 0.29) is 5.56 Å². The molecule has 0 amide bonds. The molecule has 0 aliphatic rings. The molecule has 0 spiro atoms. The van der Waals surface area contributed by atoms with Crippen LogP contribution in [0.1, 0.15) is 5.69 Å². The summed E-state index contributed by atoms with van der Waals surface area (Å²) >= 11 is 0. The van der Waals surface area contributed by atoms with Crippen LogP contribution in [0.5, 0.6) is 0 Å². The van der Waals surface area contributed by atoms with Crippen molar-refractivity contribution >= 4 is 16.6 Å². The topological polar surface area (TPSA) is 65.1 Å². The van der Waals surface area contributed by atoms with Crippen LogP contribution in [0, 0.1) is 0 Å². The molecule has 0 unspecified atom stereocenters. The molecular formula is C15H11N5O. The molecule has 0 atom stereocenters. The minimum absolute atomic E-state index is 0.0944. The highest BCUT2D eigenvalue weighted by atomic mass is 16.1. The smallest absolute Gasteiger partial charge is 0.261 e. The Kier molecular flexibility index (Phi) is 2.53. The Morgan fingerprint density at radius 1 is 1.05 bits per heavy atom. The predicted octanol–water partition coefficient (Wildman–Crippen LogP) is 1.49. The van der Waals surface area contributed by atoms with Crippen LogP contribution in [-0.4, -0.2) is 24.1 Å². The third-order valence-electron chi connectivity index (χ3n) is 3.41. The van der Waals surface area contributed by atoms with Gasteiger partial charge in [0.05, 0.1) is 29.3 Å². The van der Waals surface area contributed by atoms with E-state index in [0.29, 0.717) is 11.9 Å². The van der Waals surface area contributed by atoms with E-state index in [1.807, 2.05) is 24.3 Å². The first-order valence-electron chi connectivity index (χ1n) is 6.55. The third kappa shape index (κ3) is 1.88. The molecule has 102 valence electrons. The number of nitrogens with zero attached hydrogens (tertiary/aromatic N) is 5. The molecule has 0 saturated carbocycles. The Morgan fingerprint density at radius 2 is 2.00 bits per heavy atom. The van der Waals surface area contributed by atoms with E-state index < -0.39 is 0 Å². The molecule has 4 heterocycles. The number of rotatable bonds is 2. The summed E-state index contributed by atoms with van der Waals surface area (Å²) in [5.74, 6) is 0. The van der Waals surface area contributed by atoms with Crippen molar-refractivity contribution < 1.29 is 0 Å². The van der Waals surface area contributed by atoms with E-state index in [1.54, 1.807) is 39.9 Å². The van der Waals surface area contributed by atoms with Gasteiger partial charge in [0.25, 0.3) is 5.56 Å². The van der Waals surface area contributed by atoms with Crippen molar-refractivity contribution in [3.8, 4) is 0 Å². The standard InChI is InChI=1S/C15H11N5O/c21-15-12-9-17-14-4-7-18-20(14)13(12)5-8-19(15)10-11-3-1-2-6-16-11/h1-9H,10H2. The summed E-state index contributed by atoms with van der Waals surface area (Å²) in [7, 11) is 0. The number of fused-ring (bicyclic) bond motifs is 3. The highest BCUT2D eigenvalue weighted by Gasteiger charge is 2.08. The lowest BCUT2D eigenvalue weighted by atomic mass is 10.3. The molecule has 0 N–H and O–H groups in total. The Hall–Kier alpha value is -3.02. The first kappa shape index (κ1) is 11.8. The largest absolute Gasteiger partial charge is 0.309 e. The van der Waals surface area contributed by atoms with Gasteiger partial charge in [-0.3, -0.25) is 9.78 Å². The molecule has 0 aromatic carbocycles. The maximum Gasteiger partial charge on any atom is 0.261 e. The molecular weight excluding hydrogens is 266 g/mol. The lowest BCUT2D eigenvalue weighted by Crippen LogP contribution is -2.21. The quantitative estimate of drug-likeness (QED) is 0.557. The molecule has 21 heavy (non-hydrogen) atoms. The molecule has 0 aliphatic carbocycles. The average Bonchev–Trinajstić information content (AvgIpc) is 3.00. The molecule has 0 radical (unpaired) electrons. The minimum atomic E-state index is -0.0944. The van der Waals surface area contributed by atoms with Gasteiger partial charge in [0.2, 0.25) is 0 Å². The normalized spacial score (nSPS) is 11.2. The third-order valence-corrected chi connectivity index (χ3v) is 3.41. The van der Waals surface area contributed by atoms with E-state index in [0.717, 1.165) is 16.9 Å². The molecule has 4 rings (SSSR count). The van der Waals surface area contributed by atoms with Crippen LogP contribution in [0.3, 0.4) is 0 Å². The zero-order valence-corrected chi connectivity index (χ0v) is 11.0. The van der Waals surface area contributed by atoms with Crippen molar-refractivity contribution in [2.75, 3.05) is 0 Å². The maximum atomic E-state index is 12.6. The first-order valence-corrected chi connectivity index (χ1v) is 6.55. The summed E-state index contributed by atoms with van der Waals surface area (Å²) in [5, 5.41) is 4.74. The molecule has 4 aromatic heterocycles. The second-order valence-electron chi connectivity index (χ2n) is 4.73. The van der Waals surface area contributed by atoms with Crippen molar-refractivity contribution in [3.63, 3.8) is 0 Å². The lowest BCUT2D eigenvalue weighted by molar-refractivity contribution is 0.745. The summed E-state index contributed by atoms with van der Waals surface area (Å²) < 4.78 is 3.30.